The Hall–Kier alpha value is -3.55. The van der Waals surface area contributed by atoms with Crippen molar-refractivity contribution in [3.05, 3.63) is 59.7 Å². The Morgan fingerprint density at radius 1 is 0.914 bits per heavy atom. The molecule has 0 fully saturated rings. The van der Waals surface area contributed by atoms with E-state index in [1.807, 2.05) is 36.4 Å². The number of ether oxygens (including phenoxy) is 3. The van der Waals surface area contributed by atoms with Gasteiger partial charge in [-0.25, -0.2) is 14.4 Å². The zero-order valence-electron chi connectivity index (χ0n) is 20.8. The van der Waals surface area contributed by atoms with E-state index >= 15 is 0 Å². The zero-order valence-corrected chi connectivity index (χ0v) is 20.8. The number of amides is 2. The summed E-state index contributed by atoms with van der Waals surface area (Å²) in [5, 5.41) is 5.30. The average Bonchev–Trinajstić information content (AvgIpc) is 3.14. The van der Waals surface area contributed by atoms with Crippen LogP contribution in [-0.2, 0) is 19.0 Å². The van der Waals surface area contributed by atoms with Gasteiger partial charge in [-0.15, -0.1) is 0 Å². The van der Waals surface area contributed by atoms with Gasteiger partial charge in [-0.05, 0) is 62.3 Å². The summed E-state index contributed by atoms with van der Waals surface area (Å²) in [6, 6.07) is 15.3. The van der Waals surface area contributed by atoms with E-state index in [2.05, 4.69) is 22.8 Å². The Morgan fingerprint density at radius 3 is 2.09 bits per heavy atom. The van der Waals surface area contributed by atoms with Gasteiger partial charge in [0, 0.05) is 12.5 Å². The Balaban J connectivity index is 1.49. The summed E-state index contributed by atoms with van der Waals surface area (Å²) in [7, 11) is 1.28. The number of carbonyl (C=O) groups excluding carboxylic acids is 3. The maximum atomic E-state index is 12.6. The molecule has 0 aliphatic heterocycles. The molecule has 0 aromatic heterocycles. The summed E-state index contributed by atoms with van der Waals surface area (Å²) >= 11 is 0. The van der Waals surface area contributed by atoms with Gasteiger partial charge in [0.2, 0.25) is 0 Å². The highest BCUT2D eigenvalue weighted by Crippen LogP contribution is 2.44. The van der Waals surface area contributed by atoms with Crippen molar-refractivity contribution in [2.45, 2.75) is 57.6 Å². The molecule has 2 amide bonds. The van der Waals surface area contributed by atoms with E-state index < -0.39 is 29.8 Å². The van der Waals surface area contributed by atoms with Crippen LogP contribution in [0.15, 0.2) is 48.5 Å². The first-order valence-electron chi connectivity index (χ1n) is 11.9. The Kier molecular flexibility index (Phi) is 8.73. The molecule has 3 rings (SSSR count). The van der Waals surface area contributed by atoms with E-state index in [1.165, 1.54) is 7.11 Å². The van der Waals surface area contributed by atoms with Crippen LogP contribution in [0.3, 0.4) is 0 Å². The molecule has 0 bridgehead atoms. The van der Waals surface area contributed by atoms with Crippen LogP contribution in [0.2, 0.25) is 0 Å². The molecule has 0 heterocycles. The number of hydrogen-bond acceptors (Lipinski definition) is 6. The van der Waals surface area contributed by atoms with Gasteiger partial charge >= 0.3 is 18.2 Å². The van der Waals surface area contributed by atoms with E-state index in [9.17, 15) is 14.4 Å². The fourth-order valence-corrected chi connectivity index (χ4v) is 4.15. The fourth-order valence-electron chi connectivity index (χ4n) is 4.15. The first-order valence-corrected chi connectivity index (χ1v) is 11.9. The minimum absolute atomic E-state index is 0.0661. The van der Waals surface area contributed by atoms with Gasteiger partial charge in [-0.2, -0.15) is 0 Å². The summed E-state index contributed by atoms with van der Waals surface area (Å²) in [5.74, 6) is -0.609. The zero-order chi connectivity index (χ0) is 25.4. The number of unbranched alkanes of at least 4 members (excludes halogenated alkanes) is 1. The predicted molar refractivity (Wildman–Crippen MR) is 132 cm³/mol. The van der Waals surface area contributed by atoms with Crippen molar-refractivity contribution in [3.63, 3.8) is 0 Å². The van der Waals surface area contributed by atoms with Crippen LogP contribution in [0.25, 0.3) is 11.1 Å². The van der Waals surface area contributed by atoms with Gasteiger partial charge in [-0.1, -0.05) is 48.5 Å². The lowest BCUT2D eigenvalue weighted by molar-refractivity contribution is -0.143. The number of esters is 1. The van der Waals surface area contributed by atoms with Gasteiger partial charge in [0.25, 0.3) is 0 Å². The normalized spacial score (nSPS) is 13.3. The number of nitrogens with one attached hydrogen (secondary N) is 2. The number of hydrogen-bond donors (Lipinski definition) is 2. The van der Waals surface area contributed by atoms with Crippen molar-refractivity contribution in [1.29, 1.82) is 0 Å². The van der Waals surface area contributed by atoms with Crippen molar-refractivity contribution in [2.75, 3.05) is 20.3 Å². The predicted octanol–water partition coefficient (Wildman–Crippen LogP) is 4.76. The molecule has 2 N–H and O–H groups in total. The lowest BCUT2D eigenvalue weighted by atomic mass is 9.98. The van der Waals surface area contributed by atoms with Crippen LogP contribution in [0.1, 0.15) is 57.1 Å². The molecule has 0 radical (unpaired) electrons. The highest BCUT2D eigenvalue weighted by molar-refractivity contribution is 5.82. The maximum absolute atomic E-state index is 12.6. The smallest absolute Gasteiger partial charge is 0.407 e. The van der Waals surface area contributed by atoms with Gasteiger partial charge < -0.3 is 24.8 Å². The van der Waals surface area contributed by atoms with Crippen LogP contribution >= 0.6 is 0 Å². The standard InChI is InChI=1S/C27H34N2O6/c1-27(2,3)35-25(31)28-16-10-9-15-23(24(30)33-4)29-26(32)34-17-22-20-13-7-5-11-18(20)19-12-6-8-14-21(19)22/h5-8,11-14,22-23H,9-10,15-17H2,1-4H3,(H,28,31)(H,29,32)/t23-/m1/s1. The molecular weight excluding hydrogens is 448 g/mol. The number of alkyl carbamates (subject to hydrolysis) is 2. The monoisotopic (exact) mass is 482 g/mol. The third-order valence-electron chi connectivity index (χ3n) is 5.71. The van der Waals surface area contributed by atoms with Crippen molar-refractivity contribution >= 4 is 18.2 Å². The van der Waals surface area contributed by atoms with Crippen LogP contribution in [0, 0.1) is 0 Å². The Bertz CT molecular complexity index is 1000. The molecule has 0 saturated carbocycles. The van der Waals surface area contributed by atoms with E-state index in [1.54, 1.807) is 20.8 Å². The lowest BCUT2D eigenvalue weighted by Crippen LogP contribution is -2.42. The number of rotatable bonds is 9. The van der Waals surface area contributed by atoms with E-state index in [0.29, 0.717) is 25.8 Å². The highest BCUT2D eigenvalue weighted by Gasteiger charge is 2.30. The van der Waals surface area contributed by atoms with Crippen molar-refractivity contribution < 1.29 is 28.6 Å². The topological polar surface area (TPSA) is 103 Å². The van der Waals surface area contributed by atoms with E-state index in [-0.39, 0.29) is 12.5 Å². The summed E-state index contributed by atoms with van der Waals surface area (Å²) < 4.78 is 15.6. The quantitative estimate of drug-likeness (QED) is 0.303. The van der Waals surface area contributed by atoms with Crippen molar-refractivity contribution in [2.24, 2.45) is 0 Å². The summed E-state index contributed by atoms with van der Waals surface area (Å²) in [6.45, 7) is 5.94. The summed E-state index contributed by atoms with van der Waals surface area (Å²) in [4.78, 5) is 36.4. The van der Waals surface area contributed by atoms with Crippen LogP contribution in [0.5, 0.6) is 0 Å². The molecule has 0 unspecified atom stereocenters. The van der Waals surface area contributed by atoms with Crippen LogP contribution in [0.4, 0.5) is 9.59 Å². The number of methoxy groups -OCH3 is 1. The van der Waals surface area contributed by atoms with Gasteiger partial charge in [0.05, 0.1) is 7.11 Å². The molecule has 1 atom stereocenters. The average molecular weight is 483 g/mol. The largest absolute Gasteiger partial charge is 0.467 e. The molecule has 8 heteroatoms. The van der Waals surface area contributed by atoms with E-state index in [4.69, 9.17) is 14.2 Å². The van der Waals surface area contributed by atoms with E-state index in [0.717, 1.165) is 22.3 Å². The van der Waals surface area contributed by atoms with Crippen molar-refractivity contribution in [1.82, 2.24) is 10.6 Å². The SMILES string of the molecule is COC(=O)[C@@H](CCCCNC(=O)OC(C)(C)C)NC(=O)OCC1c2ccccc2-c2ccccc21. The molecule has 0 saturated heterocycles. The van der Waals surface area contributed by atoms with Gasteiger partial charge in [0.15, 0.2) is 0 Å². The maximum Gasteiger partial charge on any atom is 0.407 e. The van der Waals surface area contributed by atoms with Crippen LogP contribution in [-0.4, -0.2) is 50.1 Å². The molecule has 188 valence electrons. The third-order valence-corrected chi connectivity index (χ3v) is 5.71. The second-order valence-corrected chi connectivity index (χ2v) is 9.47. The molecule has 2 aromatic carbocycles. The fraction of sp³-hybridized carbons (Fsp3) is 0.444. The minimum atomic E-state index is -0.836. The third kappa shape index (κ3) is 7.21. The molecular formula is C27H34N2O6. The Morgan fingerprint density at radius 2 is 1.51 bits per heavy atom. The first kappa shape index (κ1) is 26.1. The Labute approximate surface area is 206 Å². The molecule has 0 spiro atoms. The van der Waals surface area contributed by atoms with Gasteiger partial charge in [0.1, 0.15) is 18.2 Å². The van der Waals surface area contributed by atoms with Crippen molar-refractivity contribution in [3.8, 4) is 11.1 Å². The molecule has 35 heavy (non-hydrogen) atoms. The molecule has 2 aromatic rings. The number of fused-ring (bicyclic) bond motifs is 3. The van der Waals surface area contributed by atoms with Gasteiger partial charge in [-0.3, -0.25) is 0 Å². The number of carbonyl (C=O) groups is 3. The second-order valence-electron chi connectivity index (χ2n) is 9.47. The summed E-state index contributed by atoms with van der Waals surface area (Å²) in [5.41, 5.74) is 3.95. The molecule has 8 nitrogen and oxygen atoms in total. The summed E-state index contributed by atoms with van der Waals surface area (Å²) in [6.07, 6.45) is 0.387. The van der Waals surface area contributed by atoms with Crippen LogP contribution < -0.4 is 10.6 Å². The number of benzene rings is 2. The first-order chi connectivity index (χ1) is 16.7. The molecule has 1 aliphatic rings. The second kappa shape index (κ2) is 11.7. The molecule has 1 aliphatic carbocycles. The minimum Gasteiger partial charge on any atom is -0.467 e. The highest BCUT2D eigenvalue weighted by atomic mass is 16.6. The lowest BCUT2D eigenvalue weighted by Gasteiger charge is -2.20.